The van der Waals surface area contributed by atoms with Crippen LogP contribution < -0.4 is 10.5 Å². The van der Waals surface area contributed by atoms with Gasteiger partial charge in [-0.25, -0.2) is 13.6 Å². The van der Waals surface area contributed by atoms with E-state index in [4.69, 9.17) is 5.14 Å². The highest BCUT2D eigenvalue weighted by molar-refractivity contribution is 7.89. The first-order chi connectivity index (χ1) is 8.81. The molecule has 106 valence electrons. The molecule has 1 saturated carbocycles. The van der Waals surface area contributed by atoms with Crippen molar-refractivity contribution in [2.75, 3.05) is 5.32 Å². The first-order valence-corrected chi connectivity index (χ1v) is 8.24. The summed E-state index contributed by atoms with van der Waals surface area (Å²) in [5.41, 5.74) is 0.786. The molecule has 1 aliphatic rings. The summed E-state index contributed by atoms with van der Waals surface area (Å²) in [5, 5.41) is 8.65. The molecule has 0 radical (unpaired) electrons. The second-order valence-corrected chi connectivity index (χ2v) is 7.50. The van der Waals surface area contributed by atoms with Gasteiger partial charge in [-0.3, -0.25) is 0 Å². The fraction of sp³-hybridized carbons (Fsp3) is 0.571. The zero-order valence-corrected chi connectivity index (χ0v) is 12.3. The predicted octanol–water partition coefficient (Wildman–Crippen LogP) is 2.71. The molecule has 1 fully saturated rings. The molecule has 4 nitrogen and oxygen atoms in total. The van der Waals surface area contributed by atoms with Gasteiger partial charge in [0, 0.05) is 6.04 Å². The number of benzene rings is 1. The van der Waals surface area contributed by atoms with Crippen molar-refractivity contribution in [1.82, 2.24) is 0 Å². The lowest BCUT2D eigenvalue weighted by molar-refractivity contribution is 0.217. The van der Waals surface area contributed by atoms with Crippen molar-refractivity contribution >= 4 is 15.7 Å². The van der Waals surface area contributed by atoms with Crippen LogP contribution in [0.15, 0.2) is 29.2 Å². The van der Waals surface area contributed by atoms with E-state index in [-0.39, 0.29) is 16.4 Å². The first kappa shape index (κ1) is 14.3. The lowest BCUT2D eigenvalue weighted by Crippen LogP contribution is -2.39. The Hall–Kier alpha value is -1.07. The van der Waals surface area contributed by atoms with Crippen molar-refractivity contribution < 1.29 is 8.42 Å². The molecule has 0 bridgehead atoms. The molecule has 0 amide bonds. The van der Waals surface area contributed by atoms with Crippen LogP contribution in [0, 0.1) is 5.41 Å². The highest BCUT2D eigenvalue weighted by Gasteiger charge is 2.32. The Bertz CT molecular complexity index is 552. The highest BCUT2D eigenvalue weighted by atomic mass is 32.2. The first-order valence-electron chi connectivity index (χ1n) is 6.69. The van der Waals surface area contributed by atoms with Gasteiger partial charge in [0.05, 0.1) is 5.69 Å². The fourth-order valence-corrected chi connectivity index (χ4v) is 3.49. The van der Waals surface area contributed by atoms with E-state index in [1.807, 2.05) is 6.07 Å². The Balaban J connectivity index is 2.29. The third-order valence-electron chi connectivity index (χ3n) is 4.03. The Labute approximate surface area is 115 Å². The van der Waals surface area contributed by atoms with E-state index >= 15 is 0 Å². The molecule has 3 N–H and O–H groups in total. The molecule has 19 heavy (non-hydrogen) atoms. The highest BCUT2D eigenvalue weighted by Crippen LogP contribution is 2.38. The molecule has 0 heterocycles. The molecule has 1 atom stereocenters. The van der Waals surface area contributed by atoms with Gasteiger partial charge in [-0.05, 0) is 30.4 Å². The Morgan fingerprint density at radius 3 is 2.58 bits per heavy atom. The van der Waals surface area contributed by atoms with E-state index in [9.17, 15) is 8.42 Å². The maximum atomic E-state index is 11.6. The standard InChI is InChI=1S/C14H22N2O2S/c1-14(2)10-6-5-9-13(14)16-11-7-3-4-8-12(11)19(15,17)18/h3-4,7-8,13,16H,5-6,9-10H2,1-2H3,(H2,15,17,18). The van der Waals surface area contributed by atoms with Crippen molar-refractivity contribution in [3.8, 4) is 0 Å². The van der Waals surface area contributed by atoms with Gasteiger partial charge in [0.1, 0.15) is 4.90 Å². The molecule has 0 spiro atoms. The molecular formula is C14H22N2O2S. The van der Waals surface area contributed by atoms with Gasteiger partial charge in [0.15, 0.2) is 0 Å². The SMILES string of the molecule is CC1(C)CCCCC1Nc1ccccc1S(N)(=O)=O. The Morgan fingerprint density at radius 1 is 1.26 bits per heavy atom. The smallest absolute Gasteiger partial charge is 0.240 e. The molecule has 0 saturated heterocycles. The summed E-state index contributed by atoms with van der Waals surface area (Å²) in [4.78, 5) is 0.177. The molecule has 1 unspecified atom stereocenters. The van der Waals surface area contributed by atoms with Crippen LogP contribution in [0.1, 0.15) is 39.5 Å². The molecule has 0 aliphatic heterocycles. The van der Waals surface area contributed by atoms with E-state index < -0.39 is 10.0 Å². The van der Waals surface area contributed by atoms with Gasteiger partial charge in [0.25, 0.3) is 0 Å². The quantitative estimate of drug-likeness (QED) is 0.895. The minimum atomic E-state index is -3.68. The number of nitrogens with one attached hydrogen (secondary N) is 1. The second kappa shape index (κ2) is 5.13. The van der Waals surface area contributed by atoms with Crippen LogP contribution in [0.5, 0.6) is 0 Å². The van der Waals surface area contributed by atoms with E-state index in [2.05, 4.69) is 19.2 Å². The number of nitrogens with two attached hydrogens (primary N) is 1. The van der Waals surface area contributed by atoms with Crippen LogP contribution in [0.4, 0.5) is 5.69 Å². The summed E-state index contributed by atoms with van der Waals surface area (Å²) >= 11 is 0. The summed E-state index contributed by atoms with van der Waals surface area (Å²) in [6.07, 6.45) is 4.63. The number of sulfonamides is 1. The molecule has 1 aromatic carbocycles. The molecule has 0 aromatic heterocycles. The predicted molar refractivity (Wildman–Crippen MR) is 77.5 cm³/mol. The van der Waals surface area contributed by atoms with Crippen LogP contribution in [0.3, 0.4) is 0 Å². The maximum absolute atomic E-state index is 11.6. The number of hydrogen-bond donors (Lipinski definition) is 2. The summed E-state index contributed by atoms with van der Waals surface area (Å²) < 4.78 is 23.2. The minimum Gasteiger partial charge on any atom is -0.381 e. The van der Waals surface area contributed by atoms with Gasteiger partial charge in [-0.1, -0.05) is 38.8 Å². The summed E-state index contributed by atoms with van der Waals surface area (Å²) in [6.45, 7) is 4.45. The number of hydrogen-bond acceptors (Lipinski definition) is 3. The number of anilines is 1. The van der Waals surface area contributed by atoms with Crippen LogP contribution in [-0.4, -0.2) is 14.5 Å². The maximum Gasteiger partial charge on any atom is 0.240 e. The summed E-state index contributed by atoms with van der Waals surface area (Å²) in [5.74, 6) is 0. The largest absolute Gasteiger partial charge is 0.381 e. The zero-order chi connectivity index (χ0) is 14.1. The number of para-hydroxylation sites is 1. The van der Waals surface area contributed by atoms with E-state index in [1.165, 1.54) is 12.8 Å². The van der Waals surface area contributed by atoms with Crippen molar-refractivity contribution in [3.05, 3.63) is 24.3 Å². The second-order valence-electron chi connectivity index (χ2n) is 5.97. The van der Waals surface area contributed by atoms with Crippen molar-refractivity contribution in [2.24, 2.45) is 10.6 Å². The lowest BCUT2D eigenvalue weighted by atomic mass is 9.73. The monoisotopic (exact) mass is 282 g/mol. The zero-order valence-electron chi connectivity index (χ0n) is 11.5. The van der Waals surface area contributed by atoms with Gasteiger partial charge in [-0.15, -0.1) is 0 Å². The van der Waals surface area contributed by atoms with E-state index in [1.54, 1.807) is 18.2 Å². The Morgan fingerprint density at radius 2 is 1.95 bits per heavy atom. The van der Waals surface area contributed by atoms with Gasteiger partial charge < -0.3 is 5.32 Å². The van der Waals surface area contributed by atoms with Crippen LogP contribution >= 0.6 is 0 Å². The van der Waals surface area contributed by atoms with Gasteiger partial charge >= 0.3 is 0 Å². The van der Waals surface area contributed by atoms with Crippen molar-refractivity contribution in [2.45, 2.75) is 50.5 Å². The van der Waals surface area contributed by atoms with E-state index in [0.717, 1.165) is 12.8 Å². The molecule has 2 rings (SSSR count). The molecular weight excluding hydrogens is 260 g/mol. The van der Waals surface area contributed by atoms with Gasteiger partial charge in [0.2, 0.25) is 10.0 Å². The third-order valence-corrected chi connectivity index (χ3v) is 5.00. The number of rotatable bonds is 3. The van der Waals surface area contributed by atoms with Crippen LogP contribution in [0.25, 0.3) is 0 Å². The topological polar surface area (TPSA) is 72.2 Å². The Kier molecular flexibility index (Phi) is 3.87. The average molecular weight is 282 g/mol. The van der Waals surface area contributed by atoms with Gasteiger partial charge in [-0.2, -0.15) is 0 Å². The molecule has 5 heteroatoms. The van der Waals surface area contributed by atoms with Crippen molar-refractivity contribution in [1.29, 1.82) is 0 Å². The third kappa shape index (κ3) is 3.28. The minimum absolute atomic E-state index is 0.170. The summed E-state index contributed by atoms with van der Waals surface area (Å²) in [7, 11) is -3.68. The van der Waals surface area contributed by atoms with Crippen LogP contribution in [-0.2, 0) is 10.0 Å². The number of primary sulfonamides is 1. The van der Waals surface area contributed by atoms with Crippen molar-refractivity contribution in [3.63, 3.8) is 0 Å². The average Bonchev–Trinajstić information content (AvgIpc) is 2.31. The normalized spacial score (nSPS) is 23.0. The fourth-order valence-electron chi connectivity index (χ4n) is 2.78. The molecule has 1 aromatic rings. The lowest BCUT2D eigenvalue weighted by Gasteiger charge is -2.39. The van der Waals surface area contributed by atoms with Crippen LogP contribution in [0.2, 0.25) is 0 Å². The molecule has 1 aliphatic carbocycles. The summed E-state index contributed by atoms with van der Waals surface area (Å²) in [6, 6.07) is 7.13. The van der Waals surface area contributed by atoms with E-state index in [0.29, 0.717) is 5.69 Å².